The van der Waals surface area contributed by atoms with Gasteiger partial charge in [-0.25, -0.2) is 4.79 Å². The quantitative estimate of drug-likeness (QED) is 0.354. The number of carbonyl (C=O) groups excluding carboxylic acids is 4. The van der Waals surface area contributed by atoms with Crippen molar-refractivity contribution in [1.29, 1.82) is 0 Å². The molecule has 0 bridgehead atoms. The van der Waals surface area contributed by atoms with Crippen LogP contribution in [0, 0.1) is 11.8 Å². The number of ketones is 1. The van der Waals surface area contributed by atoms with Gasteiger partial charge in [0.05, 0.1) is 6.04 Å². The number of amides is 2. The summed E-state index contributed by atoms with van der Waals surface area (Å²) < 4.78 is 5.22. The Morgan fingerprint density at radius 2 is 1.75 bits per heavy atom. The zero-order valence-corrected chi connectivity index (χ0v) is 19.4. The molecule has 1 fully saturated rings. The van der Waals surface area contributed by atoms with Gasteiger partial charge in [-0.15, -0.1) is 0 Å². The first-order chi connectivity index (χ1) is 15.2. The van der Waals surface area contributed by atoms with E-state index >= 15 is 0 Å². The molecule has 0 aromatic heterocycles. The average Bonchev–Trinajstić information content (AvgIpc) is 3.30. The molecule has 1 aliphatic heterocycles. The van der Waals surface area contributed by atoms with Crippen molar-refractivity contribution in [2.24, 2.45) is 11.8 Å². The highest BCUT2D eigenvalue weighted by Gasteiger charge is 2.32. The van der Waals surface area contributed by atoms with E-state index in [1.54, 1.807) is 30.3 Å². The zero-order valence-electron chi connectivity index (χ0n) is 19.4. The average molecular weight is 446 g/mol. The Kier molecular flexibility index (Phi) is 9.84. The summed E-state index contributed by atoms with van der Waals surface area (Å²) in [7, 11) is 0. The number of nitrogens with one attached hydrogen (secondary N) is 3. The molecule has 1 heterocycles. The van der Waals surface area contributed by atoms with Gasteiger partial charge in [0.25, 0.3) is 0 Å². The second kappa shape index (κ2) is 12.3. The SMILES string of the molecule is CC(C)C[C@H](NC(=O)[C@H](NC(=O)[C@@H]1CCCN1)C(C)C)C(=O)OCC(=O)c1ccccc1. The lowest BCUT2D eigenvalue weighted by molar-refractivity contribution is -0.147. The summed E-state index contributed by atoms with van der Waals surface area (Å²) in [6.45, 7) is 7.90. The van der Waals surface area contributed by atoms with Crippen LogP contribution >= 0.6 is 0 Å². The van der Waals surface area contributed by atoms with Crippen molar-refractivity contribution in [3.8, 4) is 0 Å². The van der Waals surface area contributed by atoms with Crippen molar-refractivity contribution in [2.45, 2.75) is 65.1 Å². The molecule has 1 aromatic rings. The maximum atomic E-state index is 13.0. The van der Waals surface area contributed by atoms with Gasteiger partial charge in [0.15, 0.2) is 12.4 Å². The number of ether oxygens (including phenoxy) is 1. The van der Waals surface area contributed by atoms with E-state index in [2.05, 4.69) is 16.0 Å². The molecule has 2 rings (SSSR count). The number of Topliss-reactive ketones (excluding diaryl/α,β-unsaturated/α-hetero) is 1. The van der Waals surface area contributed by atoms with Gasteiger partial charge in [0.2, 0.25) is 11.8 Å². The van der Waals surface area contributed by atoms with E-state index in [1.807, 2.05) is 27.7 Å². The normalized spacial score (nSPS) is 17.6. The largest absolute Gasteiger partial charge is 0.456 e. The minimum Gasteiger partial charge on any atom is -0.456 e. The maximum absolute atomic E-state index is 13.0. The van der Waals surface area contributed by atoms with Crippen LogP contribution in [0.3, 0.4) is 0 Å². The fourth-order valence-corrected chi connectivity index (χ4v) is 3.59. The lowest BCUT2D eigenvalue weighted by atomic mass is 10.00. The molecule has 32 heavy (non-hydrogen) atoms. The Balaban J connectivity index is 1.99. The molecule has 2 amide bonds. The first-order valence-electron chi connectivity index (χ1n) is 11.3. The summed E-state index contributed by atoms with van der Waals surface area (Å²) in [6.07, 6.45) is 2.00. The van der Waals surface area contributed by atoms with Crippen LogP contribution in [0.2, 0.25) is 0 Å². The lowest BCUT2D eigenvalue weighted by Crippen LogP contribution is -2.56. The third-order valence-electron chi connectivity index (χ3n) is 5.37. The van der Waals surface area contributed by atoms with E-state index < -0.39 is 30.6 Å². The minimum atomic E-state index is -0.908. The molecule has 8 heteroatoms. The van der Waals surface area contributed by atoms with Crippen molar-refractivity contribution in [1.82, 2.24) is 16.0 Å². The molecular weight excluding hydrogens is 410 g/mol. The highest BCUT2D eigenvalue weighted by Crippen LogP contribution is 2.11. The predicted molar refractivity (Wildman–Crippen MR) is 121 cm³/mol. The Bertz CT molecular complexity index is 788. The number of benzene rings is 1. The topological polar surface area (TPSA) is 114 Å². The molecular formula is C24H35N3O5. The molecule has 1 aromatic carbocycles. The molecule has 1 saturated heterocycles. The van der Waals surface area contributed by atoms with E-state index in [1.165, 1.54) is 0 Å². The molecule has 0 spiro atoms. The van der Waals surface area contributed by atoms with Crippen molar-refractivity contribution in [3.63, 3.8) is 0 Å². The van der Waals surface area contributed by atoms with Crippen LogP contribution < -0.4 is 16.0 Å². The van der Waals surface area contributed by atoms with E-state index in [-0.39, 0.29) is 29.6 Å². The second-order valence-corrected chi connectivity index (χ2v) is 8.97. The Labute approximate surface area is 189 Å². The Morgan fingerprint density at radius 1 is 1.06 bits per heavy atom. The third-order valence-corrected chi connectivity index (χ3v) is 5.37. The number of hydrogen-bond acceptors (Lipinski definition) is 6. The Hall–Kier alpha value is -2.74. The molecule has 1 aliphatic rings. The van der Waals surface area contributed by atoms with Crippen LogP contribution in [0.5, 0.6) is 0 Å². The zero-order chi connectivity index (χ0) is 23.7. The molecule has 0 radical (unpaired) electrons. The lowest BCUT2D eigenvalue weighted by Gasteiger charge is -2.26. The highest BCUT2D eigenvalue weighted by atomic mass is 16.5. The molecule has 3 atom stereocenters. The van der Waals surface area contributed by atoms with Crippen LogP contribution in [-0.4, -0.2) is 54.8 Å². The number of hydrogen-bond donors (Lipinski definition) is 3. The van der Waals surface area contributed by atoms with E-state index in [9.17, 15) is 19.2 Å². The van der Waals surface area contributed by atoms with Crippen LogP contribution in [-0.2, 0) is 19.1 Å². The first kappa shape index (κ1) is 25.5. The number of esters is 1. The molecule has 3 N–H and O–H groups in total. The second-order valence-electron chi connectivity index (χ2n) is 8.97. The fraction of sp³-hybridized carbons (Fsp3) is 0.583. The van der Waals surface area contributed by atoms with Gasteiger partial charge in [-0.2, -0.15) is 0 Å². The van der Waals surface area contributed by atoms with Gasteiger partial charge in [-0.1, -0.05) is 58.0 Å². The molecule has 0 aliphatic carbocycles. The van der Waals surface area contributed by atoms with Gasteiger partial charge in [0, 0.05) is 5.56 Å². The summed E-state index contributed by atoms with van der Waals surface area (Å²) in [5, 5.41) is 8.65. The van der Waals surface area contributed by atoms with Crippen molar-refractivity contribution >= 4 is 23.6 Å². The number of carbonyl (C=O) groups is 4. The third kappa shape index (κ3) is 7.75. The summed E-state index contributed by atoms with van der Waals surface area (Å²) in [5.41, 5.74) is 0.452. The van der Waals surface area contributed by atoms with Gasteiger partial charge in [-0.05, 0) is 37.6 Å². The molecule has 8 nitrogen and oxygen atoms in total. The Morgan fingerprint density at radius 3 is 2.31 bits per heavy atom. The standard InChI is InChI=1S/C24H35N3O5/c1-15(2)13-19(24(31)32-14-20(28)17-9-6-5-7-10-17)26-23(30)21(16(3)4)27-22(29)18-11-8-12-25-18/h5-7,9-10,15-16,18-19,21,25H,8,11-14H2,1-4H3,(H,26,30)(H,27,29)/t18-,19-,21+/m0/s1. The van der Waals surface area contributed by atoms with Crippen LogP contribution in [0.15, 0.2) is 30.3 Å². The van der Waals surface area contributed by atoms with E-state index in [0.29, 0.717) is 12.0 Å². The summed E-state index contributed by atoms with van der Waals surface area (Å²) in [5.74, 6) is -1.70. The van der Waals surface area contributed by atoms with Gasteiger partial charge >= 0.3 is 5.97 Å². The smallest absolute Gasteiger partial charge is 0.329 e. The maximum Gasteiger partial charge on any atom is 0.329 e. The molecule has 0 unspecified atom stereocenters. The van der Waals surface area contributed by atoms with Crippen LogP contribution in [0.4, 0.5) is 0 Å². The fourth-order valence-electron chi connectivity index (χ4n) is 3.59. The molecule has 0 saturated carbocycles. The molecule has 176 valence electrons. The first-order valence-corrected chi connectivity index (χ1v) is 11.3. The minimum absolute atomic E-state index is 0.104. The van der Waals surface area contributed by atoms with Crippen molar-refractivity contribution in [2.75, 3.05) is 13.2 Å². The summed E-state index contributed by atoms with van der Waals surface area (Å²) in [4.78, 5) is 50.4. The van der Waals surface area contributed by atoms with Gasteiger partial charge < -0.3 is 20.7 Å². The van der Waals surface area contributed by atoms with Gasteiger partial charge in [-0.3, -0.25) is 14.4 Å². The van der Waals surface area contributed by atoms with Crippen LogP contribution in [0.1, 0.15) is 57.3 Å². The highest BCUT2D eigenvalue weighted by molar-refractivity contribution is 5.98. The monoisotopic (exact) mass is 445 g/mol. The summed E-state index contributed by atoms with van der Waals surface area (Å²) >= 11 is 0. The summed E-state index contributed by atoms with van der Waals surface area (Å²) in [6, 6.07) is 6.58. The van der Waals surface area contributed by atoms with E-state index in [0.717, 1.165) is 19.4 Å². The van der Waals surface area contributed by atoms with Crippen LogP contribution in [0.25, 0.3) is 0 Å². The number of rotatable bonds is 11. The van der Waals surface area contributed by atoms with Crippen molar-refractivity contribution in [3.05, 3.63) is 35.9 Å². The van der Waals surface area contributed by atoms with Crippen molar-refractivity contribution < 1.29 is 23.9 Å². The van der Waals surface area contributed by atoms with Gasteiger partial charge in [0.1, 0.15) is 12.1 Å². The predicted octanol–water partition coefficient (Wildman–Crippen LogP) is 1.84. The van der Waals surface area contributed by atoms with E-state index in [4.69, 9.17) is 4.74 Å².